The first kappa shape index (κ1) is 15.7. The highest BCUT2D eigenvalue weighted by molar-refractivity contribution is 5.73. The summed E-state index contributed by atoms with van der Waals surface area (Å²) < 4.78 is 0. The number of carbonyl (C=O) groups is 1. The summed E-state index contributed by atoms with van der Waals surface area (Å²) in [4.78, 5) is 13.1. The summed E-state index contributed by atoms with van der Waals surface area (Å²) in [5, 5.41) is 23.8. The van der Waals surface area contributed by atoms with Gasteiger partial charge in [-0.05, 0) is 19.3 Å². The fourth-order valence-corrected chi connectivity index (χ4v) is 3.44. The van der Waals surface area contributed by atoms with Gasteiger partial charge in [-0.3, -0.25) is 4.79 Å². The fourth-order valence-electron chi connectivity index (χ4n) is 3.44. The Kier molecular flexibility index (Phi) is 5.41. The van der Waals surface area contributed by atoms with E-state index >= 15 is 0 Å². The monoisotopic (exact) mass is 284 g/mol. The zero-order valence-electron chi connectivity index (χ0n) is 12.5. The number of nitrogens with one attached hydrogen (secondary N) is 1. The van der Waals surface area contributed by atoms with Crippen molar-refractivity contribution < 1.29 is 15.0 Å². The van der Waals surface area contributed by atoms with Crippen molar-refractivity contribution in [1.29, 1.82) is 0 Å². The van der Waals surface area contributed by atoms with E-state index in [1.807, 2.05) is 4.90 Å². The minimum atomic E-state index is -0.666. The standard InChI is InChI=1S/C15H28N2O3/c1-12(18)17-8-5-13(11-17)16-10-14(19)9-15(20)6-3-2-4-7-15/h13-14,16,19-20H,2-11H2,1H3/t13-,14?/m1/s1. The third kappa shape index (κ3) is 4.43. The fraction of sp³-hybridized carbons (Fsp3) is 0.933. The third-order valence-electron chi connectivity index (χ3n) is 4.68. The Morgan fingerprint density at radius 1 is 1.40 bits per heavy atom. The van der Waals surface area contributed by atoms with Gasteiger partial charge in [-0.2, -0.15) is 0 Å². The van der Waals surface area contributed by atoms with Crippen molar-refractivity contribution in [3.05, 3.63) is 0 Å². The van der Waals surface area contributed by atoms with Crippen LogP contribution in [-0.4, -0.2) is 58.4 Å². The van der Waals surface area contributed by atoms with E-state index in [0.717, 1.165) is 45.2 Å². The number of hydrogen-bond acceptors (Lipinski definition) is 4. The summed E-state index contributed by atoms with van der Waals surface area (Å²) in [6.07, 6.45) is 5.83. The Morgan fingerprint density at radius 2 is 2.10 bits per heavy atom. The predicted molar refractivity (Wildman–Crippen MR) is 77.3 cm³/mol. The first-order valence-corrected chi connectivity index (χ1v) is 7.88. The predicted octanol–water partition coefficient (Wildman–Crippen LogP) is 0.643. The summed E-state index contributed by atoms with van der Waals surface area (Å²) in [7, 11) is 0. The summed E-state index contributed by atoms with van der Waals surface area (Å²) in [5.74, 6) is 0.117. The van der Waals surface area contributed by atoms with Crippen LogP contribution in [0.4, 0.5) is 0 Å². The molecular weight excluding hydrogens is 256 g/mol. The number of likely N-dealkylation sites (tertiary alicyclic amines) is 1. The van der Waals surface area contributed by atoms with Gasteiger partial charge in [-0.1, -0.05) is 19.3 Å². The molecule has 116 valence electrons. The number of hydrogen-bond donors (Lipinski definition) is 3. The largest absolute Gasteiger partial charge is 0.392 e. The van der Waals surface area contributed by atoms with Crippen LogP contribution < -0.4 is 5.32 Å². The van der Waals surface area contributed by atoms with Crippen LogP contribution in [0.5, 0.6) is 0 Å². The van der Waals surface area contributed by atoms with Gasteiger partial charge >= 0.3 is 0 Å². The maximum Gasteiger partial charge on any atom is 0.219 e. The van der Waals surface area contributed by atoms with Gasteiger partial charge in [0.25, 0.3) is 0 Å². The molecule has 2 aliphatic rings. The van der Waals surface area contributed by atoms with Crippen molar-refractivity contribution in [2.45, 2.75) is 69.6 Å². The normalized spacial score (nSPS) is 27.6. The number of aliphatic hydroxyl groups is 2. The van der Waals surface area contributed by atoms with Crippen molar-refractivity contribution >= 4 is 5.91 Å². The molecule has 1 heterocycles. The Bertz CT molecular complexity index is 329. The highest BCUT2D eigenvalue weighted by atomic mass is 16.3. The molecule has 5 nitrogen and oxygen atoms in total. The van der Waals surface area contributed by atoms with E-state index in [1.165, 1.54) is 6.42 Å². The van der Waals surface area contributed by atoms with Crippen molar-refractivity contribution in [2.24, 2.45) is 0 Å². The second-order valence-corrected chi connectivity index (χ2v) is 6.50. The molecule has 1 saturated carbocycles. The number of carbonyl (C=O) groups excluding carboxylic acids is 1. The second kappa shape index (κ2) is 6.87. The van der Waals surface area contributed by atoms with Crippen LogP contribution in [0.3, 0.4) is 0 Å². The molecule has 3 N–H and O–H groups in total. The number of aliphatic hydroxyl groups excluding tert-OH is 1. The Morgan fingerprint density at radius 3 is 2.70 bits per heavy atom. The summed E-state index contributed by atoms with van der Waals surface area (Å²) in [5.41, 5.74) is -0.666. The molecule has 0 spiro atoms. The van der Waals surface area contributed by atoms with Crippen LogP contribution in [0.15, 0.2) is 0 Å². The van der Waals surface area contributed by atoms with Crippen molar-refractivity contribution in [1.82, 2.24) is 10.2 Å². The van der Waals surface area contributed by atoms with Gasteiger partial charge in [-0.15, -0.1) is 0 Å². The lowest BCUT2D eigenvalue weighted by Crippen LogP contribution is -2.42. The molecule has 0 radical (unpaired) electrons. The molecule has 5 heteroatoms. The average Bonchev–Trinajstić information content (AvgIpc) is 2.85. The lowest BCUT2D eigenvalue weighted by Gasteiger charge is -2.34. The first-order chi connectivity index (χ1) is 9.48. The highest BCUT2D eigenvalue weighted by Crippen LogP contribution is 2.31. The van der Waals surface area contributed by atoms with Crippen LogP contribution in [0, 0.1) is 0 Å². The van der Waals surface area contributed by atoms with E-state index < -0.39 is 11.7 Å². The molecule has 20 heavy (non-hydrogen) atoms. The minimum absolute atomic E-state index is 0.117. The van der Waals surface area contributed by atoms with E-state index in [0.29, 0.717) is 13.0 Å². The molecule has 2 atom stereocenters. The second-order valence-electron chi connectivity index (χ2n) is 6.50. The molecule has 1 unspecified atom stereocenters. The van der Waals surface area contributed by atoms with Crippen LogP contribution >= 0.6 is 0 Å². The summed E-state index contributed by atoms with van der Waals surface area (Å²) >= 11 is 0. The quantitative estimate of drug-likeness (QED) is 0.693. The van der Waals surface area contributed by atoms with Crippen molar-refractivity contribution in [3.63, 3.8) is 0 Å². The number of rotatable bonds is 5. The summed E-state index contributed by atoms with van der Waals surface area (Å²) in [6, 6.07) is 0.273. The zero-order chi connectivity index (χ0) is 14.6. The van der Waals surface area contributed by atoms with Gasteiger partial charge in [0.1, 0.15) is 0 Å². The van der Waals surface area contributed by atoms with E-state index in [2.05, 4.69) is 5.32 Å². The van der Waals surface area contributed by atoms with Crippen LogP contribution in [0.25, 0.3) is 0 Å². The van der Waals surface area contributed by atoms with Gasteiger partial charge in [0.15, 0.2) is 0 Å². The number of amides is 1. The SMILES string of the molecule is CC(=O)N1CC[C@@H](NCC(O)CC2(O)CCCCC2)C1. The Balaban J connectivity index is 1.67. The lowest BCUT2D eigenvalue weighted by molar-refractivity contribution is -0.127. The van der Waals surface area contributed by atoms with E-state index in [9.17, 15) is 15.0 Å². The zero-order valence-corrected chi connectivity index (χ0v) is 12.5. The first-order valence-electron chi connectivity index (χ1n) is 7.88. The van der Waals surface area contributed by atoms with Crippen molar-refractivity contribution in [3.8, 4) is 0 Å². The van der Waals surface area contributed by atoms with Gasteiger partial charge in [-0.25, -0.2) is 0 Å². The molecule has 0 aromatic carbocycles. The molecule has 2 rings (SSSR count). The minimum Gasteiger partial charge on any atom is -0.392 e. The van der Waals surface area contributed by atoms with Gasteiger partial charge < -0.3 is 20.4 Å². The van der Waals surface area contributed by atoms with Gasteiger partial charge in [0, 0.05) is 39.0 Å². The van der Waals surface area contributed by atoms with Gasteiger partial charge in [0.05, 0.1) is 11.7 Å². The highest BCUT2D eigenvalue weighted by Gasteiger charge is 2.32. The summed E-state index contributed by atoms with van der Waals surface area (Å²) in [6.45, 7) is 3.62. The molecule has 2 fully saturated rings. The lowest BCUT2D eigenvalue weighted by atomic mass is 9.81. The van der Waals surface area contributed by atoms with E-state index in [1.54, 1.807) is 6.92 Å². The maximum absolute atomic E-state index is 11.3. The molecule has 0 aromatic heterocycles. The van der Waals surface area contributed by atoms with Crippen LogP contribution in [0.2, 0.25) is 0 Å². The topological polar surface area (TPSA) is 72.8 Å². The van der Waals surface area contributed by atoms with E-state index in [4.69, 9.17) is 0 Å². The molecule has 1 aliphatic carbocycles. The van der Waals surface area contributed by atoms with Gasteiger partial charge in [0.2, 0.25) is 5.91 Å². The third-order valence-corrected chi connectivity index (χ3v) is 4.68. The van der Waals surface area contributed by atoms with E-state index in [-0.39, 0.29) is 11.9 Å². The molecule has 0 aromatic rings. The van der Waals surface area contributed by atoms with Crippen LogP contribution in [0.1, 0.15) is 51.9 Å². The molecular formula is C15H28N2O3. The van der Waals surface area contributed by atoms with Crippen molar-refractivity contribution in [2.75, 3.05) is 19.6 Å². The van der Waals surface area contributed by atoms with Crippen LogP contribution in [-0.2, 0) is 4.79 Å². The Labute approximate surface area is 121 Å². The average molecular weight is 284 g/mol. The molecule has 1 amide bonds. The maximum atomic E-state index is 11.3. The Hall–Kier alpha value is -0.650. The molecule has 1 saturated heterocycles. The smallest absolute Gasteiger partial charge is 0.219 e. The number of nitrogens with zero attached hydrogens (tertiary/aromatic N) is 1. The molecule has 0 bridgehead atoms. The molecule has 1 aliphatic heterocycles.